The molecule has 0 aliphatic heterocycles. The molecular weight excluding hydrogens is 236 g/mol. The van der Waals surface area contributed by atoms with Crippen LogP contribution in [0.4, 0.5) is 11.4 Å². The SMILES string of the molecule is Cn1cnc(CCNc2ccncc2[N+](=O)[O-])n1. The Hall–Kier alpha value is -2.51. The Balaban J connectivity index is 1.96. The number of anilines is 1. The van der Waals surface area contributed by atoms with Gasteiger partial charge in [0, 0.05) is 26.2 Å². The summed E-state index contributed by atoms with van der Waals surface area (Å²) in [4.78, 5) is 18.1. The Morgan fingerprint density at radius 3 is 3.06 bits per heavy atom. The Bertz CT molecular complexity index is 553. The molecule has 0 unspecified atom stereocenters. The van der Waals surface area contributed by atoms with Crippen molar-refractivity contribution in [3.63, 3.8) is 0 Å². The maximum absolute atomic E-state index is 10.8. The third-order valence-corrected chi connectivity index (χ3v) is 2.31. The van der Waals surface area contributed by atoms with Crippen LogP contribution >= 0.6 is 0 Å². The van der Waals surface area contributed by atoms with Gasteiger partial charge in [0.1, 0.15) is 18.2 Å². The van der Waals surface area contributed by atoms with Crippen molar-refractivity contribution in [2.24, 2.45) is 7.05 Å². The Labute approximate surface area is 103 Å². The number of aromatic nitrogens is 4. The lowest BCUT2D eigenvalue weighted by atomic mass is 10.3. The third kappa shape index (κ3) is 2.78. The van der Waals surface area contributed by atoms with Crippen molar-refractivity contribution in [3.8, 4) is 0 Å². The van der Waals surface area contributed by atoms with Gasteiger partial charge >= 0.3 is 5.69 Å². The lowest BCUT2D eigenvalue weighted by molar-refractivity contribution is -0.384. The summed E-state index contributed by atoms with van der Waals surface area (Å²) in [5, 5.41) is 17.9. The molecule has 18 heavy (non-hydrogen) atoms. The van der Waals surface area contributed by atoms with Crippen LogP contribution in [0.5, 0.6) is 0 Å². The van der Waals surface area contributed by atoms with E-state index in [0.29, 0.717) is 24.5 Å². The number of pyridine rings is 1. The molecule has 2 heterocycles. The van der Waals surface area contributed by atoms with Gasteiger partial charge in [0.15, 0.2) is 5.82 Å². The molecule has 0 saturated heterocycles. The van der Waals surface area contributed by atoms with Gasteiger partial charge in [-0.05, 0) is 6.07 Å². The van der Waals surface area contributed by atoms with Crippen molar-refractivity contribution in [1.82, 2.24) is 19.7 Å². The monoisotopic (exact) mass is 248 g/mol. The van der Waals surface area contributed by atoms with E-state index in [2.05, 4.69) is 20.4 Å². The normalized spacial score (nSPS) is 10.3. The first-order valence-corrected chi connectivity index (χ1v) is 5.33. The first-order valence-electron chi connectivity index (χ1n) is 5.33. The van der Waals surface area contributed by atoms with Crippen molar-refractivity contribution >= 4 is 11.4 Å². The smallest absolute Gasteiger partial charge is 0.310 e. The molecule has 94 valence electrons. The Morgan fingerprint density at radius 1 is 1.56 bits per heavy atom. The average molecular weight is 248 g/mol. The maximum Gasteiger partial charge on any atom is 0.310 e. The summed E-state index contributed by atoms with van der Waals surface area (Å²) in [6.07, 6.45) is 4.94. The highest BCUT2D eigenvalue weighted by atomic mass is 16.6. The fourth-order valence-corrected chi connectivity index (χ4v) is 1.49. The van der Waals surface area contributed by atoms with Crippen molar-refractivity contribution in [1.29, 1.82) is 0 Å². The van der Waals surface area contributed by atoms with Crippen molar-refractivity contribution in [2.75, 3.05) is 11.9 Å². The van der Waals surface area contributed by atoms with Gasteiger partial charge in [0.2, 0.25) is 0 Å². The summed E-state index contributed by atoms with van der Waals surface area (Å²) in [5.74, 6) is 0.696. The zero-order valence-electron chi connectivity index (χ0n) is 9.78. The zero-order chi connectivity index (χ0) is 13.0. The third-order valence-electron chi connectivity index (χ3n) is 2.31. The molecule has 0 aliphatic rings. The number of nitrogens with zero attached hydrogens (tertiary/aromatic N) is 5. The molecule has 0 radical (unpaired) electrons. The molecule has 2 rings (SSSR count). The molecule has 0 atom stereocenters. The van der Waals surface area contributed by atoms with Crippen molar-refractivity contribution < 1.29 is 4.92 Å². The van der Waals surface area contributed by atoms with E-state index in [1.165, 1.54) is 12.4 Å². The molecule has 0 fully saturated rings. The van der Waals surface area contributed by atoms with E-state index in [0.717, 1.165) is 0 Å². The number of aryl methyl sites for hydroxylation is 1. The van der Waals surface area contributed by atoms with Crippen LogP contribution in [0, 0.1) is 10.1 Å². The Kier molecular flexibility index (Phi) is 3.46. The quantitative estimate of drug-likeness (QED) is 0.620. The maximum atomic E-state index is 10.8. The van der Waals surface area contributed by atoms with Crippen molar-refractivity contribution in [2.45, 2.75) is 6.42 Å². The van der Waals surface area contributed by atoms with Gasteiger partial charge in [-0.3, -0.25) is 19.8 Å². The van der Waals surface area contributed by atoms with Gasteiger partial charge < -0.3 is 5.32 Å². The standard InChI is InChI=1S/C10H12N6O2/c1-15-7-13-10(14-15)3-5-12-8-2-4-11-6-9(8)16(17)18/h2,4,6-7H,3,5H2,1H3,(H,11,12). The summed E-state index contributed by atoms with van der Waals surface area (Å²) in [5.41, 5.74) is 0.414. The largest absolute Gasteiger partial charge is 0.379 e. The number of rotatable bonds is 5. The molecule has 0 amide bonds. The highest BCUT2D eigenvalue weighted by Gasteiger charge is 2.12. The van der Waals surface area contributed by atoms with Gasteiger partial charge in [-0.15, -0.1) is 0 Å². The molecule has 1 N–H and O–H groups in total. The predicted octanol–water partition coefficient (Wildman–Crippen LogP) is 0.773. The van der Waals surface area contributed by atoms with Gasteiger partial charge in [-0.1, -0.05) is 0 Å². The topological polar surface area (TPSA) is 98.8 Å². The van der Waals surface area contributed by atoms with Gasteiger partial charge in [0.05, 0.1) is 4.92 Å². The number of nitro groups is 1. The average Bonchev–Trinajstić information content (AvgIpc) is 2.75. The van der Waals surface area contributed by atoms with E-state index in [1.54, 1.807) is 24.1 Å². The second-order valence-corrected chi connectivity index (χ2v) is 3.66. The van der Waals surface area contributed by atoms with Crippen LogP contribution < -0.4 is 5.32 Å². The van der Waals surface area contributed by atoms with Gasteiger partial charge in [-0.2, -0.15) is 5.10 Å². The van der Waals surface area contributed by atoms with E-state index in [9.17, 15) is 10.1 Å². The fraction of sp³-hybridized carbons (Fsp3) is 0.300. The number of nitrogens with one attached hydrogen (secondary N) is 1. The predicted molar refractivity (Wildman–Crippen MR) is 64.1 cm³/mol. The summed E-state index contributed by atoms with van der Waals surface area (Å²) in [6.45, 7) is 0.523. The molecule has 2 aromatic heterocycles. The summed E-state index contributed by atoms with van der Waals surface area (Å²) in [6, 6.07) is 1.57. The number of hydrogen-bond acceptors (Lipinski definition) is 6. The van der Waals surface area contributed by atoms with E-state index in [4.69, 9.17) is 0 Å². The molecule has 2 aromatic rings. The van der Waals surface area contributed by atoms with Crippen molar-refractivity contribution in [3.05, 3.63) is 40.7 Å². The van der Waals surface area contributed by atoms with Crippen LogP contribution in [0.25, 0.3) is 0 Å². The minimum absolute atomic E-state index is 0.0357. The minimum Gasteiger partial charge on any atom is -0.379 e. The van der Waals surface area contributed by atoms with Crippen LogP contribution in [0.15, 0.2) is 24.8 Å². The molecule has 0 bridgehead atoms. The molecule has 8 heteroatoms. The molecule has 0 spiro atoms. The first kappa shape index (κ1) is 12.0. The van der Waals surface area contributed by atoms with Crippen LogP contribution in [-0.4, -0.2) is 31.2 Å². The van der Waals surface area contributed by atoms with Gasteiger partial charge in [0.25, 0.3) is 0 Å². The van der Waals surface area contributed by atoms with Crippen LogP contribution in [0.1, 0.15) is 5.82 Å². The highest BCUT2D eigenvalue weighted by molar-refractivity contribution is 5.59. The summed E-state index contributed by atoms with van der Waals surface area (Å²) >= 11 is 0. The molecule has 8 nitrogen and oxygen atoms in total. The highest BCUT2D eigenvalue weighted by Crippen LogP contribution is 2.21. The van der Waals surface area contributed by atoms with E-state index >= 15 is 0 Å². The van der Waals surface area contributed by atoms with Crippen LogP contribution in [0.3, 0.4) is 0 Å². The zero-order valence-corrected chi connectivity index (χ0v) is 9.78. The lowest BCUT2D eigenvalue weighted by Crippen LogP contribution is -2.08. The van der Waals surface area contributed by atoms with E-state index in [1.807, 2.05) is 0 Å². The fourth-order valence-electron chi connectivity index (χ4n) is 1.49. The lowest BCUT2D eigenvalue weighted by Gasteiger charge is -2.04. The molecular formula is C10H12N6O2. The minimum atomic E-state index is -0.464. The number of hydrogen-bond donors (Lipinski definition) is 1. The molecule has 0 aromatic carbocycles. The second kappa shape index (κ2) is 5.21. The van der Waals surface area contributed by atoms with Gasteiger partial charge in [-0.25, -0.2) is 4.98 Å². The molecule has 0 aliphatic carbocycles. The van der Waals surface area contributed by atoms with Crippen LogP contribution in [-0.2, 0) is 13.5 Å². The summed E-state index contributed by atoms with van der Waals surface area (Å²) < 4.78 is 1.62. The first-order chi connectivity index (χ1) is 8.66. The van der Waals surface area contributed by atoms with E-state index < -0.39 is 4.92 Å². The van der Waals surface area contributed by atoms with Crippen LogP contribution in [0.2, 0.25) is 0 Å². The second-order valence-electron chi connectivity index (χ2n) is 3.66. The summed E-state index contributed by atoms with van der Waals surface area (Å²) in [7, 11) is 1.79. The molecule has 0 saturated carbocycles. The van der Waals surface area contributed by atoms with E-state index in [-0.39, 0.29) is 5.69 Å². The Morgan fingerprint density at radius 2 is 2.39 bits per heavy atom.